The smallest absolute Gasteiger partial charge is 0.128 e. The van der Waals surface area contributed by atoms with Gasteiger partial charge in [0.1, 0.15) is 5.82 Å². The zero-order valence-electron chi connectivity index (χ0n) is 8.20. The molecule has 0 atom stereocenters. The van der Waals surface area contributed by atoms with Crippen LogP contribution in [0.3, 0.4) is 0 Å². The van der Waals surface area contributed by atoms with Gasteiger partial charge in [-0.25, -0.2) is 4.98 Å². The fourth-order valence-corrected chi connectivity index (χ4v) is 1.87. The molecule has 1 aliphatic heterocycles. The van der Waals surface area contributed by atoms with Gasteiger partial charge in [0.25, 0.3) is 0 Å². The zero-order chi connectivity index (χ0) is 9.97. The van der Waals surface area contributed by atoms with Crippen LogP contribution in [0, 0.1) is 0 Å². The Hall–Kier alpha value is -0.610. The summed E-state index contributed by atoms with van der Waals surface area (Å²) in [6.07, 6.45) is 1.85. The van der Waals surface area contributed by atoms with Gasteiger partial charge in [0.15, 0.2) is 0 Å². The first-order valence-electron chi connectivity index (χ1n) is 4.90. The van der Waals surface area contributed by atoms with Crippen LogP contribution in [-0.4, -0.2) is 30.7 Å². The minimum Gasteiger partial charge on any atom is -0.351 e. The summed E-state index contributed by atoms with van der Waals surface area (Å²) in [7, 11) is 0. The first-order valence-corrected chi connectivity index (χ1v) is 5.69. The van der Waals surface area contributed by atoms with Crippen molar-refractivity contribution in [2.45, 2.75) is 13.0 Å². The maximum absolute atomic E-state index is 4.40. The number of nitrogens with zero attached hydrogens (tertiary/aromatic N) is 2. The minimum absolute atomic E-state index is 0.619. The van der Waals surface area contributed by atoms with Gasteiger partial charge < -0.3 is 10.2 Å². The third-order valence-electron chi connectivity index (χ3n) is 2.55. The van der Waals surface area contributed by atoms with Crippen molar-refractivity contribution in [1.82, 2.24) is 10.3 Å². The van der Waals surface area contributed by atoms with Crippen molar-refractivity contribution >= 4 is 21.7 Å². The zero-order valence-corrected chi connectivity index (χ0v) is 9.79. The molecule has 0 bridgehead atoms. The number of anilines is 1. The van der Waals surface area contributed by atoms with Crippen LogP contribution in [-0.2, 0) is 0 Å². The van der Waals surface area contributed by atoms with Gasteiger partial charge in [-0.2, -0.15) is 0 Å². The fraction of sp³-hybridized carbons (Fsp3) is 0.500. The van der Waals surface area contributed by atoms with Crippen molar-refractivity contribution in [3.05, 3.63) is 22.8 Å². The highest BCUT2D eigenvalue weighted by atomic mass is 79.9. The van der Waals surface area contributed by atoms with Crippen LogP contribution in [0.5, 0.6) is 0 Å². The molecule has 0 spiro atoms. The SMILES string of the molecule is CCN(c1ccc(Br)cn1)C1CNC1. The summed E-state index contributed by atoms with van der Waals surface area (Å²) in [6, 6.07) is 4.72. The molecule has 0 unspecified atom stereocenters. The minimum atomic E-state index is 0.619. The summed E-state index contributed by atoms with van der Waals surface area (Å²) in [5.74, 6) is 1.07. The summed E-state index contributed by atoms with van der Waals surface area (Å²) >= 11 is 3.39. The molecule has 2 rings (SSSR count). The summed E-state index contributed by atoms with van der Waals surface area (Å²) < 4.78 is 1.03. The third kappa shape index (κ3) is 1.91. The third-order valence-corrected chi connectivity index (χ3v) is 3.02. The van der Waals surface area contributed by atoms with Crippen molar-refractivity contribution in [2.24, 2.45) is 0 Å². The second-order valence-electron chi connectivity index (χ2n) is 3.43. The van der Waals surface area contributed by atoms with E-state index in [4.69, 9.17) is 0 Å². The van der Waals surface area contributed by atoms with Gasteiger partial charge >= 0.3 is 0 Å². The highest BCUT2D eigenvalue weighted by molar-refractivity contribution is 9.10. The summed E-state index contributed by atoms with van der Waals surface area (Å²) in [5.41, 5.74) is 0. The van der Waals surface area contributed by atoms with E-state index in [1.54, 1.807) is 0 Å². The number of hydrogen-bond acceptors (Lipinski definition) is 3. The van der Waals surface area contributed by atoms with Crippen LogP contribution >= 0.6 is 15.9 Å². The maximum atomic E-state index is 4.40. The van der Waals surface area contributed by atoms with E-state index < -0.39 is 0 Å². The van der Waals surface area contributed by atoms with Gasteiger partial charge in [-0.05, 0) is 35.0 Å². The second-order valence-corrected chi connectivity index (χ2v) is 4.35. The molecule has 1 saturated heterocycles. The Kier molecular flexibility index (Phi) is 3.03. The van der Waals surface area contributed by atoms with E-state index in [2.05, 4.69) is 44.1 Å². The molecule has 0 aromatic carbocycles. The number of hydrogen-bond donors (Lipinski definition) is 1. The Morgan fingerprint density at radius 2 is 2.36 bits per heavy atom. The van der Waals surface area contributed by atoms with Crippen LogP contribution in [0.25, 0.3) is 0 Å². The van der Waals surface area contributed by atoms with Gasteiger partial charge in [0, 0.05) is 30.3 Å². The molecule has 4 heteroatoms. The van der Waals surface area contributed by atoms with E-state index in [9.17, 15) is 0 Å². The van der Waals surface area contributed by atoms with Crippen LogP contribution < -0.4 is 10.2 Å². The molecule has 1 aliphatic rings. The van der Waals surface area contributed by atoms with Crippen LogP contribution in [0.15, 0.2) is 22.8 Å². The van der Waals surface area contributed by atoms with E-state index in [1.807, 2.05) is 12.3 Å². The Morgan fingerprint density at radius 3 is 2.79 bits per heavy atom. The molecule has 0 amide bonds. The predicted molar refractivity (Wildman–Crippen MR) is 61.6 cm³/mol. The quantitative estimate of drug-likeness (QED) is 0.891. The van der Waals surface area contributed by atoms with Gasteiger partial charge in [0.05, 0.1) is 6.04 Å². The number of aromatic nitrogens is 1. The van der Waals surface area contributed by atoms with E-state index >= 15 is 0 Å². The largest absolute Gasteiger partial charge is 0.351 e. The molecule has 76 valence electrons. The number of pyridine rings is 1. The first-order chi connectivity index (χ1) is 6.81. The molecule has 1 aromatic rings. The van der Waals surface area contributed by atoms with Gasteiger partial charge in [-0.3, -0.25) is 0 Å². The second kappa shape index (κ2) is 4.28. The van der Waals surface area contributed by atoms with Gasteiger partial charge in [0.2, 0.25) is 0 Å². The summed E-state index contributed by atoms with van der Waals surface area (Å²) in [5, 5.41) is 3.28. The molecule has 0 saturated carbocycles. The Balaban J connectivity index is 2.14. The lowest BCUT2D eigenvalue weighted by molar-refractivity contribution is 0.415. The number of nitrogens with one attached hydrogen (secondary N) is 1. The summed E-state index contributed by atoms with van der Waals surface area (Å²) in [4.78, 5) is 6.74. The number of halogens is 1. The van der Waals surface area contributed by atoms with Gasteiger partial charge in [-0.1, -0.05) is 0 Å². The Morgan fingerprint density at radius 1 is 1.57 bits per heavy atom. The number of likely N-dealkylation sites (N-methyl/N-ethyl adjacent to an activating group) is 1. The molecule has 3 nitrogen and oxygen atoms in total. The fourth-order valence-electron chi connectivity index (χ4n) is 1.64. The highest BCUT2D eigenvalue weighted by Gasteiger charge is 2.23. The van der Waals surface area contributed by atoms with Gasteiger partial charge in [-0.15, -0.1) is 0 Å². The topological polar surface area (TPSA) is 28.2 Å². The maximum Gasteiger partial charge on any atom is 0.128 e. The van der Waals surface area contributed by atoms with Crippen molar-refractivity contribution in [3.63, 3.8) is 0 Å². The van der Waals surface area contributed by atoms with Crippen molar-refractivity contribution < 1.29 is 0 Å². The molecule has 1 fully saturated rings. The lowest BCUT2D eigenvalue weighted by Crippen LogP contribution is -2.57. The molecule has 1 aromatic heterocycles. The predicted octanol–water partition coefficient (Wildman–Crippen LogP) is 1.64. The standard InChI is InChI=1S/C10H14BrN3/c1-2-14(9-6-12-7-9)10-4-3-8(11)5-13-10/h3-5,9,12H,2,6-7H2,1H3. The van der Waals surface area contributed by atoms with Crippen molar-refractivity contribution in [2.75, 3.05) is 24.5 Å². The van der Waals surface area contributed by atoms with Crippen LogP contribution in [0.1, 0.15) is 6.92 Å². The average Bonchev–Trinajstić information content (AvgIpc) is 2.13. The highest BCUT2D eigenvalue weighted by Crippen LogP contribution is 2.18. The van der Waals surface area contributed by atoms with E-state index in [0.29, 0.717) is 6.04 Å². The van der Waals surface area contributed by atoms with E-state index in [-0.39, 0.29) is 0 Å². The molecule has 0 aliphatic carbocycles. The monoisotopic (exact) mass is 255 g/mol. The summed E-state index contributed by atoms with van der Waals surface area (Å²) in [6.45, 7) is 5.33. The lowest BCUT2D eigenvalue weighted by atomic mass is 10.1. The Bertz CT molecular complexity index is 295. The van der Waals surface area contributed by atoms with Crippen molar-refractivity contribution in [3.8, 4) is 0 Å². The first kappa shape index (κ1) is 9.93. The molecule has 14 heavy (non-hydrogen) atoms. The molecule has 0 radical (unpaired) electrons. The van der Waals surface area contributed by atoms with Crippen LogP contribution in [0.2, 0.25) is 0 Å². The number of rotatable bonds is 3. The lowest BCUT2D eigenvalue weighted by Gasteiger charge is -2.38. The molecular formula is C10H14BrN3. The molecular weight excluding hydrogens is 242 g/mol. The van der Waals surface area contributed by atoms with E-state index in [0.717, 1.165) is 29.9 Å². The van der Waals surface area contributed by atoms with E-state index in [1.165, 1.54) is 0 Å². The normalized spacial score (nSPS) is 16.4. The van der Waals surface area contributed by atoms with Crippen molar-refractivity contribution in [1.29, 1.82) is 0 Å². The molecule has 2 heterocycles. The Labute approximate surface area is 92.6 Å². The molecule has 1 N–H and O–H groups in total. The van der Waals surface area contributed by atoms with Crippen LogP contribution in [0.4, 0.5) is 5.82 Å². The average molecular weight is 256 g/mol.